The average Bonchev–Trinajstić information content (AvgIpc) is 2.18. The van der Waals surface area contributed by atoms with Crippen LogP contribution in [0.5, 0.6) is 5.75 Å². The number of benzene rings is 1. The minimum absolute atomic E-state index is 0.186. The monoisotopic (exact) mass is 211 g/mol. The third kappa shape index (κ3) is 3.55. The van der Waals surface area contributed by atoms with E-state index in [1.165, 1.54) is 6.07 Å². The Morgan fingerprint density at radius 3 is 2.73 bits per heavy atom. The number of hydrogen-bond acceptors (Lipinski definition) is 2. The third-order valence-corrected chi connectivity index (χ3v) is 1.98. The Hall–Kier alpha value is -1.63. The molecule has 0 aliphatic carbocycles. The molecular formula is C11H11F2NO. The molecule has 0 aliphatic heterocycles. The molecule has 15 heavy (non-hydrogen) atoms. The minimum atomic E-state index is -2.80. The van der Waals surface area contributed by atoms with E-state index in [2.05, 4.69) is 4.74 Å². The normalized spacial score (nSPS) is 10.1. The van der Waals surface area contributed by atoms with Crippen LogP contribution in [0, 0.1) is 18.3 Å². The maximum absolute atomic E-state index is 11.9. The zero-order valence-corrected chi connectivity index (χ0v) is 8.34. The van der Waals surface area contributed by atoms with Gasteiger partial charge in [0.25, 0.3) is 0 Å². The van der Waals surface area contributed by atoms with E-state index >= 15 is 0 Å². The molecule has 0 heterocycles. The molecule has 0 N–H and O–H groups in total. The van der Waals surface area contributed by atoms with Gasteiger partial charge in [-0.2, -0.15) is 14.0 Å². The summed E-state index contributed by atoms with van der Waals surface area (Å²) < 4.78 is 28.2. The van der Waals surface area contributed by atoms with Crippen molar-refractivity contribution in [2.45, 2.75) is 26.4 Å². The van der Waals surface area contributed by atoms with Crippen molar-refractivity contribution in [2.24, 2.45) is 0 Å². The lowest BCUT2D eigenvalue weighted by atomic mass is 10.1. The molecule has 0 radical (unpaired) electrons. The Morgan fingerprint density at radius 2 is 2.20 bits per heavy atom. The smallest absolute Gasteiger partial charge is 0.387 e. The number of hydrogen-bond donors (Lipinski definition) is 0. The SMILES string of the molecule is Cc1cc(CCC#N)ccc1OC(F)F. The van der Waals surface area contributed by atoms with Gasteiger partial charge in [-0.1, -0.05) is 12.1 Å². The van der Waals surface area contributed by atoms with Crippen LogP contribution in [0.15, 0.2) is 18.2 Å². The summed E-state index contributed by atoms with van der Waals surface area (Å²) >= 11 is 0. The van der Waals surface area contributed by atoms with E-state index in [0.717, 1.165) is 5.56 Å². The average molecular weight is 211 g/mol. The van der Waals surface area contributed by atoms with Crippen LogP contribution in [0.1, 0.15) is 17.5 Å². The molecule has 0 aromatic heterocycles. The lowest BCUT2D eigenvalue weighted by Gasteiger charge is -2.08. The number of aryl methyl sites for hydroxylation is 2. The summed E-state index contributed by atoms with van der Waals surface area (Å²) in [5.41, 5.74) is 1.61. The lowest BCUT2D eigenvalue weighted by molar-refractivity contribution is -0.0503. The molecule has 0 spiro atoms. The number of halogens is 2. The van der Waals surface area contributed by atoms with E-state index in [0.29, 0.717) is 18.4 Å². The van der Waals surface area contributed by atoms with E-state index in [-0.39, 0.29) is 5.75 Å². The van der Waals surface area contributed by atoms with Crippen LogP contribution < -0.4 is 4.74 Å². The summed E-state index contributed by atoms with van der Waals surface area (Å²) in [6, 6.07) is 6.99. The van der Waals surface area contributed by atoms with Gasteiger partial charge in [0.05, 0.1) is 6.07 Å². The molecule has 1 aromatic carbocycles. The Balaban J connectivity index is 2.75. The summed E-state index contributed by atoms with van der Waals surface area (Å²) in [5.74, 6) is 0.186. The van der Waals surface area contributed by atoms with Crippen molar-refractivity contribution in [2.75, 3.05) is 0 Å². The molecule has 0 atom stereocenters. The molecule has 0 amide bonds. The molecule has 4 heteroatoms. The van der Waals surface area contributed by atoms with Crippen molar-refractivity contribution >= 4 is 0 Å². The van der Waals surface area contributed by atoms with Gasteiger partial charge in [-0.15, -0.1) is 0 Å². The highest BCUT2D eigenvalue weighted by Crippen LogP contribution is 2.21. The van der Waals surface area contributed by atoms with Crippen molar-refractivity contribution < 1.29 is 13.5 Å². The van der Waals surface area contributed by atoms with Crippen LogP contribution in [0.4, 0.5) is 8.78 Å². The summed E-state index contributed by atoms with van der Waals surface area (Å²) in [7, 11) is 0. The van der Waals surface area contributed by atoms with Gasteiger partial charge in [0, 0.05) is 6.42 Å². The largest absolute Gasteiger partial charge is 0.435 e. The topological polar surface area (TPSA) is 33.0 Å². The van der Waals surface area contributed by atoms with Crippen LogP contribution in [-0.4, -0.2) is 6.61 Å². The van der Waals surface area contributed by atoms with E-state index in [9.17, 15) is 8.78 Å². The van der Waals surface area contributed by atoms with Crippen LogP contribution in [0.2, 0.25) is 0 Å². The summed E-state index contributed by atoms with van der Waals surface area (Å²) in [4.78, 5) is 0. The Kier molecular flexibility index (Phi) is 4.04. The molecule has 80 valence electrons. The Bertz CT molecular complexity index is 371. The standard InChI is InChI=1S/C11H11F2NO/c1-8-7-9(3-2-6-14)4-5-10(8)15-11(12)13/h4-5,7,11H,2-3H2,1H3. The number of nitrogens with zero attached hydrogens (tertiary/aromatic N) is 1. The first-order valence-corrected chi connectivity index (χ1v) is 4.55. The van der Waals surface area contributed by atoms with Gasteiger partial charge < -0.3 is 4.74 Å². The van der Waals surface area contributed by atoms with Crippen molar-refractivity contribution in [3.05, 3.63) is 29.3 Å². The van der Waals surface area contributed by atoms with Crippen molar-refractivity contribution in [1.82, 2.24) is 0 Å². The zero-order valence-electron chi connectivity index (χ0n) is 8.34. The molecule has 2 nitrogen and oxygen atoms in total. The van der Waals surface area contributed by atoms with Gasteiger partial charge in [-0.3, -0.25) is 0 Å². The Labute approximate surface area is 87.1 Å². The van der Waals surface area contributed by atoms with Crippen molar-refractivity contribution in [3.63, 3.8) is 0 Å². The Morgan fingerprint density at radius 1 is 1.47 bits per heavy atom. The van der Waals surface area contributed by atoms with Crippen molar-refractivity contribution in [3.8, 4) is 11.8 Å². The second-order valence-corrected chi connectivity index (χ2v) is 3.14. The van der Waals surface area contributed by atoms with Gasteiger partial charge in [0.1, 0.15) is 5.75 Å². The zero-order chi connectivity index (χ0) is 11.3. The first kappa shape index (κ1) is 11.4. The fourth-order valence-corrected chi connectivity index (χ4v) is 1.30. The van der Waals surface area contributed by atoms with E-state index in [1.54, 1.807) is 19.1 Å². The van der Waals surface area contributed by atoms with Crippen LogP contribution >= 0.6 is 0 Å². The molecular weight excluding hydrogens is 200 g/mol. The van der Waals surface area contributed by atoms with Crippen LogP contribution in [0.3, 0.4) is 0 Å². The van der Waals surface area contributed by atoms with Gasteiger partial charge >= 0.3 is 6.61 Å². The van der Waals surface area contributed by atoms with Gasteiger partial charge in [-0.25, -0.2) is 0 Å². The highest BCUT2D eigenvalue weighted by Gasteiger charge is 2.07. The molecule has 0 unspecified atom stereocenters. The maximum Gasteiger partial charge on any atom is 0.387 e. The quantitative estimate of drug-likeness (QED) is 0.766. The summed E-state index contributed by atoms with van der Waals surface area (Å²) in [5, 5.41) is 8.40. The fourth-order valence-electron chi connectivity index (χ4n) is 1.30. The molecule has 0 saturated heterocycles. The van der Waals surface area contributed by atoms with E-state index in [1.807, 2.05) is 6.07 Å². The van der Waals surface area contributed by atoms with Crippen LogP contribution in [0.25, 0.3) is 0 Å². The third-order valence-electron chi connectivity index (χ3n) is 1.98. The minimum Gasteiger partial charge on any atom is -0.435 e. The first-order chi connectivity index (χ1) is 7.13. The molecule has 0 saturated carbocycles. The van der Waals surface area contributed by atoms with Gasteiger partial charge in [0.15, 0.2) is 0 Å². The second-order valence-electron chi connectivity index (χ2n) is 3.14. The predicted octanol–water partition coefficient (Wildman–Crippen LogP) is 3.05. The van der Waals surface area contributed by atoms with E-state index < -0.39 is 6.61 Å². The molecule has 1 aromatic rings. The molecule has 0 fully saturated rings. The molecule has 1 rings (SSSR count). The number of alkyl halides is 2. The molecule has 0 aliphatic rings. The summed E-state index contributed by atoms with van der Waals surface area (Å²) in [6.45, 7) is -1.10. The number of ether oxygens (including phenoxy) is 1. The van der Waals surface area contributed by atoms with Crippen LogP contribution in [-0.2, 0) is 6.42 Å². The second kappa shape index (κ2) is 5.30. The van der Waals surface area contributed by atoms with Gasteiger partial charge in [0.2, 0.25) is 0 Å². The summed E-state index contributed by atoms with van der Waals surface area (Å²) in [6.07, 6.45) is 1.06. The van der Waals surface area contributed by atoms with Gasteiger partial charge in [-0.05, 0) is 30.5 Å². The number of rotatable bonds is 4. The van der Waals surface area contributed by atoms with Crippen molar-refractivity contribution in [1.29, 1.82) is 5.26 Å². The molecule has 0 bridgehead atoms. The predicted molar refractivity (Wildman–Crippen MR) is 51.7 cm³/mol. The highest BCUT2D eigenvalue weighted by molar-refractivity contribution is 5.36. The van der Waals surface area contributed by atoms with E-state index in [4.69, 9.17) is 5.26 Å². The first-order valence-electron chi connectivity index (χ1n) is 4.55. The lowest BCUT2D eigenvalue weighted by Crippen LogP contribution is -2.03. The number of nitriles is 1. The maximum atomic E-state index is 11.9. The fraction of sp³-hybridized carbons (Fsp3) is 0.364. The highest BCUT2D eigenvalue weighted by atomic mass is 19.3.